The molecule has 1 N–H and O–H groups in total. The van der Waals surface area contributed by atoms with Crippen molar-refractivity contribution in [3.63, 3.8) is 0 Å². The van der Waals surface area contributed by atoms with Crippen LogP contribution >= 0.6 is 0 Å². The number of hydrogen-bond donors (Lipinski definition) is 1. The number of amides is 1. The third-order valence-corrected chi connectivity index (χ3v) is 5.58. The van der Waals surface area contributed by atoms with Gasteiger partial charge in [-0.25, -0.2) is 0 Å². The van der Waals surface area contributed by atoms with Gasteiger partial charge in [-0.3, -0.25) is 9.59 Å². The number of rotatable bonds is 6. The third-order valence-electron chi connectivity index (χ3n) is 5.58. The predicted molar refractivity (Wildman–Crippen MR) is 118 cm³/mol. The van der Waals surface area contributed by atoms with E-state index in [4.69, 9.17) is 4.74 Å². The molecule has 1 saturated heterocycles. The fraction of sp³-hybridized carbons (Fsp3) is 0.333. The van der Waals surface area contributed by atoms with Crippen LogP contribution in [0.4, 0.5) is 5.69 Å². The van der Waals surface area contributed by atoms with E-state index in [9.17, 15) is 14.7 Å². The molecule has 3 rings (SSSR count). The maximum atomic E-state index is 12.9. The molecule has 0 spiro atoms. The third kappa shape index (κ3) is 3.96. The number of ether oxygens (including phenoxy) is 1. The summed E-state index contributed by atoms with van der Waals surface area (Å²) in [6, 6.07) is 12.5. The maximum absolute atomic E-state index is 12.9. The SMILES string of the molecule is COCCN1C(=O)C(=O)/C(=C(\O)c2ccc(C)c(C)c2)C1c1ccc(N(C)C)cc1. The van der Waals surface area contributed by atoms with Crippen molar-refractivity contribution in [2.45, 2.75) is 19.9 Å². The van der Waals surface area contributed by atoms with Crippen molar-refractivity contribution >= 4 is 23.1 Å². The fourth-order valence-electron chi connectivity index (χ4n) is 3.65. The van der Waals surface area contributed by atoms with E-state index in [2.05, 4.69) is 0 Å². The number of anilines is 1. The Morgan fingerprint density at radius 2 is 1.73 bits per heavy atom. The summed E-state index contributed by atoms with van der Waals surface area (Å²) in [5.74, 6) is -1.46. The van der Waals surface area contributed by atoms with Gasteiger partial charge >= 0.3 is 0 Å². The van der Waals surface area contributed by atoms with Gasteiger partial charge in [0.25, 0.3) is 11.7 Å². The Morgan fingerprint density at radius 3 is 2.30 bits per heavy atom. The number of carbonyl (C=O) groups is 2. The van der Waals surface area contributed by atoms with Crippen LogP contribution in [-0.2, 0) is 14.3 Å². The first kappa shape index (κ1) is 21.6. The Balaban J connectivity index is 2.15. The van der Waals surface area contributed by atoms with Gasteiger partial charge in [0.2, 0.25) is 0 Å². The first-order valence-electron chi connectivity index (χ1n) is 9.88. The Morgan fingerprint density at radius 1 is 1.07 bits per heavy atom. The second kappa shape index (κ2) is 8.71. The molecule has 6 nitrogen and oxygen atoms in total. The van der Waals surface area contributed by atoms with Crippen LogP contribution in [0.3, 0.4) is 0 Å². The summed E-state index contributed by atoms with van der Waals surface area (Å²) < 4.78 is 5.14. The Kier molecular flexibility index (Phi) is 6.27. The van der Waals surface area contributed by atoms with Gasteiger partial charge in [-0.2, -0.15) is 0 Å². The number of aryl methyl sites for hydroxylation is 2. The molecule has 1 aliphatic heterocycles. The number of aliphatic hydroxyl groups excluding tert-OH is 1. The standard InChI is InChI=1S/C24H28N2O4/c1-15-6-7-18(14-16(15)2)22(27)20-21(17-8-10-19(11-9-17)25(3)4)26(12-13-30-5)24(29)23(20)28/h6-11,14,21,27H,12-13H2,1-5H3/b22-20-. The Labute approximate surface area is 177 Å². The number of Topliss-reactive ketones (excluding diaryl/α,β-unsaturated/α-hetero) is 1. The Hall–Kier alpha value is -3.12. The van der Waals surface area contributed by atoms with Gasteiger partial charge in [-0.1, -0.05) is 24.3 Å². The smallest absolute Gasteiger partial charge is 0.295 e. The summed E-state index contributed by atoms with van der Waals surface area (Å²) in [5.41, 5.74) is 4.49. The number of methoxy groups -OCH3 is 1. The van der Waals surface area contributed by atoms with Crippen LogP contribution in [0.5, 0.6) is 0 Å². The molecule has 0 aromatic heterocycles. The van der Waals surface area contributed by atoms with Gasteiger partial charge in [0.1, 0.15) is 5.76 Å². The van der Waals surface area contributed by atoms with Crippen LogP contribution < -0.4 is 4.90 Å². The Bertz CT molecular complexity index is 993. The van der Waals surface area contributed by atoms with Gasteiger partial charge in [0.05, 0.1) is 18.2 Å². The molecule has 2 aromatic rings. The molecule has 0 bridgehead atoms. The minimum absolute atomic E-state index is 0.108. The van der Waals surface area contributed by atoms with Gasteiger partial charge in [0, 0.05) is 39.0 Å². The van der Waals surface area contributed by atoms with E-state index in [1.54, 1.807) is 13.2 Å². The molecular weight excluding hydrogens is 380 g/mol. The predicted octanol–water partition coefficient (Wildman–Crippen LogP) is 3.44. The lowest BCUT2D eigenvalue weighted by Gasteiger charge is -2.25. The zero-order chi connectivity index (χ0) is 22.0. The monoisotopic (exact) mass is 408 g/mol. The summed E-state index contributed by atoms with van der Waals surface area (Å²) >= 11 is 0. The topological polar surface area (TPSA) is 70.1 Å². The number of aliphatic hydroxyl groups is 1. The highest BCUT2D eigenvalue weighted by Gasteiger charge is 2.45. The highest BCUT2D eigenvalue weighted by molar-refractivity contribution is 6.46. The molecule has 158 valence electrons. The number of nitrogens with zero attached hydrogens (tertiary/aromatic N) is 2. The largest absolute Gasteiger partial charge is 0.507 e. The summed E-state index contributed by atoms with van der Waals surface area (Å²) in [6.07, 6.45) is 0. The van der Waals surface area contributed by atoms with E-state index in [1.165, 1.54) is 4.90 Å². The molecule has 0 saturated carbocycles. The zero-order valence-corrected chi connectivity index (χ0v) is 18.1. The second-order valence-corrected chi connectivity index (χ2v) is 7.77. The molecule has 6 heteroatoms. The average molecular weight is 408 g/mol. The van der Waals surface area contributed by atoms with Crippen molar-refractivity contribution in [2.75, 3.05) is 39.3 Å². The quantitative estimate of drug-likeness (QED) is 0.450. The number of benzene rings is 2. The minimum Gasteiger partial charge on any atom is -0.507 e. The van der Waals surface area contributed by atoms with Gasteiger partial charge in [-0.05, 0) is 48.7 Å². The fourth-order valence-corrected chi connectivity index (χ4v) is 3.65. The lowest BCUT2D eigenvalue weighted by Crippen LogP contribution is -2.32. The average Bonchev–Trinajstić information content (AvgIpc) is 2.98. The maximum Gasteiger partial charge on any atom is 0.295 e. The van der Waals surface area contributed by atoms with Gasteiger partial charge in [-0.15, -0.1) is 0 Å². The summed E-state index contributed by atoms with van der Waals surface area (Å²) in [4.78, 5) is 29.2. The van der Waals surface area contributed by atoms with E-state index in [-0.39, 0.29) is 17.9 Å². The van der Waals surface area contributed by atoms with Crippen LogP contribution in [0.1, 0.15) is 28.3 Å². The molecule has 1 aliphatic rings. The lowest BCUT2D eigenvalue weighted by molar-refractivity contribution is -0.140. The van der Waals surface area contributed by atoms with Gasteiger partial charge < -0.3 is 19.6 Å². The summed E-state index contributed by atoms with van der Waals surface area (Å²) in [6.45, 7) is 4.48. The number of carbonyl (C=O) groups excluding carboxylic acids is 2. The van der Waals surface area contributed by atoms with Crippen LogP contribution in [0.25, 0.3) is 5.76 Å². The summed E-state index contributed by atoms with van der Waals surface area (Å²) in [7, 11) is 5.44. The van der Waals surface area contributed by atoms with Crippen molar-refractivity contribution in [3.05, 3.63) is 70.3 Å². The molecular formula is C24H28N2O4. The van der Waals surface area contributed by atoms with E-state index in [1.807, 2.05) is 69.2 Å². The lowest BCUT2D eigenvalue weighted by atomic mass is 9.94. The highest BCUT2D eigenvalue weighted by atomic mass is 16.5. The van der Waals surface area contributed by atoms with Crippen molar-refractivity contribution in [1.29, 1.82) is 0 Å². The zero-order valence-electron chi connectivity index (χ0n) is 18.1. The molecule has 1 amide bonds. The molecule has 0 aliphatic carbocycles. The molecule has 1 fully saturated rings. The van der Waals surface area contributed by atoms with Crippen molar-refractivity contribution < 1.29 is 19.4 Å². The molecule has 1 heterocycles. The number of likely N-dealkylation sites (tertiary alicyclic amines) is 1. The van der Waals surface area contributed by atoms with E-state index < -0.39 is 17.7 Å². The first-order chi connectivity index (χ1) is 14.3. The highest BCUT2D eigenvalue weighted by Crippen LogP contribution is 2.39. The molecule has 1 atom stereocenters. The van der Waals surface area contributed by atoms with Crippen LogP contribution in [-0.4, -0.2) is 56.1 Å². The van der Waals surface area contributed by atoms with E-state index in [0.717, 1.165) is 22.4 Å². The number of ketones is 1. The van der Waals surface area contributed by atoms with Gasteiger partial charge in [0.15, 0.2) is 0 Å². The second-order valence-electron chi connectivity index (χ2n) is 7.77. The van der Waals surface area contributed by atoms with E-state index in [0.29, 0.717) is 12.2 Å². The molecule has 30 heavy (non-hydrogen) atoms. The van der Waals surface area contributed by atoms with Crippen LogP contribution in [0.15, 0.2) is 48.0 Å². The van der Waals surface area contributed by atoms with E-state index >= 15 is 0 Å². The normalized spacial score (nSPS) is 18.2. The minimum atomic E-state index is -0.677. The van der Waals surface area contributed by atoms with Crippen molar-refractivity contribution in [2.24, 2.45) is 0 Å². The van der Waals surface area contributed by atoms with Crippen molar-refractivity contribution in [3.8, 4) is 0 Å². The molecule has 1 unspecified atom stereocenters. The van der Waals surface area contributed by atoms with Crippen molar-refractivity contribution in [1.82, 2.24) is 4.90 Å². The van der Waals surface area contributed by atoms with Crippen LogP contribution in [0, 0.1) is 13.8 Å². The molecule has 0 radical (unpaired) electrons. The first-order valence-corrected chi connectivity index (χ1v) is 9.88. The number of hydrogen-bond acceptors (Lipinski definition) is 5. The summed E-state index contributed by atoms with van der Waals surface area (Å²) in [5, 5.41) is 11.1. The van der Waals surface area contributed by atoms with Crippen LogP contribution in [0.2, 0.25) is 0 Å². The molecule has 2 aromatic carbocycles.